The van der Waals surface area contributed by atoms with Crippen molar-refractivity contribution in [3.05, 3.63) is 99.9 Å². The van der Waals surface area contributed by atoms with E-state index in [1.807, 2.05) is 60.9 Å². The molecule has 5 rings (SSSR count). The number of carbonyl (C=O) groups excluding carboxylic acids is 1. The highest BCUT2D eigenvalue weighted by atomic mass is 35.5. The molecule has 0 spiro atoms. The maximum absolute atomic E-state index is 12.8. The van der Waals surface area contributed by atoms with Gasteiger partial charge in [-0.1, -0.05) is 71.9 Å². The van der Waals surface area contributed by atoms with Crippen molar-refractivity contribution < 1.29 is 19.0 Å². The summed E-state index contributed by atoms with van der Waals surface area (Å²) in [7, 11) is 0. The Kier molecular flexibility index (Phi) is 7.81. The molecule has 0 radical (unpaired) electrons. The molecule has 2 aliphatic heterocycles. The SMILES string of the molecule is CCOc1cc(C=C2C(=N)N3C(c4ccccc4)=CSC3=NC2=O)ccc1OCCOc1ccccc1Cl. The van der Waals surface area contributed by atoms with Crippen LogP contribution in [0.15, 0.2) is 88.8 Å². The van der Waals surface area contributed by atoms with Gasteiger partial charge < -0.3 is 14.2 Å². The minimum atomic E-state index is -0.452. The second kappa shape index (κ2) is 11.6. The third-order valence-electron chi connectivity index (χ3n) is 5.70. The number of halogens is 1. The second-order valence-corrected chi connectivity index (χ2v) is 9.44. The molecule has 0 bridgehead atoms. The molecule has 0 atom stereocenters. The molecule has 3 aromatic carbocycles. The van der Waals surface area contributed by atoms with Crippen LogP contribution in [0.4, 0.5) is 0 Å². The first-order valence-electron chi connectivity index (χ1n) is 12.0. The number of aliphatic imine (C=N–C) groups is 1. The van der Waals surface area contributed by atoms with E-state index in [1.54, 1.807) is 35.2 Å². The van der Waals surface area contributed by atoms with Crippen molar-refractivity contribution in [1.29, 1.82) is 5.41 Å². The molecule has 7 nitrogen and oxygen atoms in total. The van der Waals surface area contributed by atoms with Crippen molar-refractivity contribution in [3.63, 3.8) is 0 Å². The molecule has 3 aromatic rings. The van der Waals surface area contributed by atoms with Gasteiger partial charge in [-0.05, 0) is 48.4 Å². The minimum absolute atomic E-state index is 0.0788. The van der Waals surface area contributed by atoms with Crippen LogP contribution in [-0.4, -0.2) is 41.6 Å². The molecule has 1 N–H and O–H groups in total. The summed E-state index contributed by atoms with van der Waals surface area (Å²) in [5, 5.41) is 11.8. The van der Waals surface area contributed by atoms with Crippen LogP contribution in [0.25, 0.3) is 11.8 Å². The van der Waals surface area contributed by atoms with E-state index in [9.17, 15) is 4.79 Å². The molecule has 2 heterocycles. The summed E-state index contributed by atoms with van der Waals surface area (Å²) in [5.41, 5.74) is 2.65. The van der Waals surface area contributed by atoms with E-state index in [0.717, 1.165) is 11.3 Å². The van der Waals surface area contributed by atoms with Crippen molar-refractivity contribution in [1.82, 2.24) is 4.90 Å². The first-order chi connectivity index (χ1) is 18.5. The van der Waals surface area contributed by atoms with E-state index in [2.05, 4.69) is 4.99 Å². The first-order valence-corrected chi connectivity index (χ1v) is 13.2. The molecule has 38 heavy (non-hydrogen) atoms. The second-order valence-electron chi connectivity index (χ2n) is 8.20. The number of benzene rings is 3. The Hall–Kier alpha value is -4.01. The molecular weight excluding hydrogens is 522 g/mol. The van der Waals surface area contributed by atoms with E-state index in [1.165, 1.54) is 11.8 Å². The highest BCUT2D eigenvalue weighted by Crippen LogP contribution is 2.38. The number of thioether (sulfide) groups is 1. The summed E-state index contributed by atoms with van der Waals surface area (Å²) < 4.78 is 17.4. The van der Waals surface area contributed by atoms with Gasteiger partial charge in [0.05, 0.1) is 22.9 Å². The molecular formula is C29H24ClN3O4S. The summed E-state index contributed by atoms with van der Waals surface area (Å²) in [6.07, 6.45) is 1.66. The van der Waals surface area contributed by atoms with Crippen LogP contribution in [0.1, 0.15) is 18.1 Å². The summed E-state index contributed by atoms with van der Waals surface area (Å²) >= 11 is 7.46. The van der Waals surface area contributed by atoms with Crippen molar-refractivity contribution in [2.75, 3.05) is 19.8 Å². The zero-order valence-electron chi connectivity index (χ0n) is 20.5. The number of nitrogens with one attached hydrogen (secondary N) is 1. The highest BCUT2D eigenvalue weighted by molar-refractivity contribution is 8.17. The number of para-hydroxylation sites is 1. The largest absolute Gasteiger partial charge is 0.490 e. The van der Waals surface area contributed by atoms with E-state index < -0.39 is 5.91 Å². The number of amidine groups is 2. The Labute approximate surface area is 229 Å². The summed E-state index contributed by atoms with van der Waals surface area (Å²) in [5.74, 6) is 1.30. The van der Waals surface area contributed by atoms with Crippen molar-refractivity contribution in [2.24, 2.45) is 4.99 Å². The molecule has 0 unspecified atom stereocenters. The number of ether oxygens (including phenoxy) is 3. The topological polar surface area (TPSA) is 84.2 Å². The Balaban J connectivity index is 1.33. The minimum Gasteiger partial charge on any atom is -0.490 e. The predicted molar refractivity (Wildman–Crippen MR) is 152 cm³/mol. The average molecular weight is 546 g/mol. The quantitative estimate of drug-likeness (QED) is 0.244. The fourth-order valence-electron chi connectivity index (χ4n) is 3.95. The van der Waals surface area contributed by atoms with Gasteiger partial charge in [-0.15, -0.1) is 0 Å². The van der Waals surface area contributed by atoms with Gasteiger partial charge in [0.15, 0.2) is 16.7 Å². The lowest BCUT2D eigenvalue weighted by molar-refractivity contribution is -0.114. The summed E-state index contributed by atoms with van der Waals surface area (Å²) in [6, 6.07) is 22.4. The van der Waals surface area contributed by atoms with Gasteiger partial charge in [-0.2, -0.15) is 4.99 Å². The third kappa shape index (κ3) is 5.46. The zero-order chi connectivity index (χ0) is 26.5. The maximum atomic E-state index is 12.8. The van der Waals surface area contributed by atoms with Gasteiger partial charge in [0, 0.05) is 5.41 Å². The first kappa shape index (κ1) is 25.6. The summed E-state index contributed by atoms with van der Waals surface area (Å²) in [6.45, 7) is 2.91. The van der Waals surface area contributed by atoms with Crippen LogP contribution >= 0.6 is 23.4 Å². The van der Waals surface area contributed by atoms with Crippen molar-refractivity contribution >= 4 is 52.0 Å². The summed E-state index contributed by atoms with van der Waals surface area (Å²) in [4.78, 5) is 18.8. The number of carbonyl (C=O) groups is 1. The van der Waals surface area contributed by atoms with Gasteiger partial charge in [0.25, 0.3) is 5.91 Å². The zero-order valence-corrected chi connectivity index (χ0v) is 22.1. The monoisotopic (exact) mass is 545 g/mol. The highest BCUT2D eigenvalue weighted by Gasteiger charge is 2.36. The lowest BCUT2D eigenvalue weighted by atomic mass is 10.1. The molecule has 0 fully saturated rings. The van der Waals surface area contributed by atoms with E-state index >= 15 is 0 Å². The van der Waals surface area contributed by atoms with Crippen LogP contribution < -0.4 is 14.2 Å². The third-order valence-corrected chi connectivity index (χ3v) is 6.84. The molecule has 0 saturated heterocycles. The fraction of sp³-hybridized carbons (Fsp3) is 0.138. The Morgan fingerprint density at radius 2 is 1.68 bits per heavy atom. The standard InChI is InChI=1S/C29H24ClN3O4S/c1-2-35-26-17-19(12-13-25(26)37-15-14-36-24-11-7-6-10-22(24)30)16-21-27(31)33-23(20-8-4-3-5-9-20)18-38-29(33)32-28(21)34/h3-13,16-18,31H,2,14-15H2,1H3. The van der Waals surface area contributed by atoms with Crippen LogP contribution in [0, 0.1) is 5.41 Å². The van der Waals surface area contributed by atoms with Gasteiger partial charge in [0.1, 0.15) is 24.8 Å². The number of nitrogens with zero attached hydrogens (tertiary/aromatic N) is 2. The molecule has 1 amide bonds. The number of hydrogen-bond donors (Lipinski definition) is 1. The van der Waals surface area contributed by atoms with Gasteiger partial charge in [-0.3, -0.25) is 15.1 Å². The van der Waals surface area contributed by atoms with Gasteiger partial charge in [-0.25, -0.2) is 0 Å². The predicted octanol–water partition coefficient (Wildman–Crippen LogP) is 6.50. The lowest BCUT2D eigenvalue weighted by Crippen LogP contribution is -2.38. The van der Waals surface area contributed by atoms with Crippen molar-refractivity contribution in [2.45, 2.75) is 6.92 Å². The molecule has 192 valence electrons. The lowest BCUT2D eigenvalue weighted by Gasteiger charge is -2.27. The fourth-order valence-corrected chi connectivity index (χ4v) is 5.03. The van der Waals surface area contributed by atoms with Crippen molar-refractivity contribution in [3.8, 4) is 17.2 Å². The molecule has 9 heteroatoms. The van der Waals surface area contributed by atoms with Crippen LogP contribution in [-0.2, 0) is 4.79 Å². The molecule has 0 saturated carbocycles. The normalized spacial score (nSPS) is 15.7. The Bertz CT molecular complexity index is 1470. The number of hydrogen-bond acceptors (Lipinski definition) is 6. The van der Waals surface area contributed by atoms with Crippen LogP contribution in [0.5, 0.6) is 17.2 Å². The number of amides is 1. The molecule has 0 aliphatic carbocycles. The van der Waals surface area contributed by atoms with E-state index in [0.29, 0.717) is 46.2 Å². The molecule has 0 aromatic heterocycles. The Morgan fingerprint density at radius 1 is 0.947 bits per heavy atom. The number of fused-ring (bicyclic) bond motifs is 1. The Morgan fingerprint density at radius 3 is 2.45 bits per heavy atom. The smallest absolute Gasteiger partial charge is 0.283 e. The average Bonchev–Trinajstić information content (AvgIpc) is 3.35. The van der Waals surface area contributed by atoms with E-state index in [4.69, 9.17) is 31.2 Å². The van der Waals surface area contributed by atoms with E-state index in [-0.39, 0.29) is 18.0 Å². The number of rotatable bonds is 9. The van der Waals surface area contributed by atoms with Crippen LogP contribution in [0.3, 0.4) is 0 Å². The van der Waals surface area contributed by atoms with Gasteiger partial charge in [0.2, 0.25) is 0 Å². The molecule has 2 aliphatic rings. The van der Waals surface area contributed by atoms with Gasteiger partial charge >= 0.3 is 0 Å². The maximum Gasteiger partial charge on any atom is 0.283 e. The van der Waals surface area contributed by atoms with Crippen LogP contribution in [0.2, 0.25) is 5.02 Å².